The van der Waals surface area contributed by atoms with Gasteiger partial charge in [-0.15, -0.1) is 10.2 Å². The van der Waals surface area contributed by atoms with Crippen molar-refractivity contribution in [2.75, 3.05) is 25.4 Å². The second-order valence-electron chi connectivity index (χ2n) is 6.49. The fraction of sp³-hybridized carbons (Fsp3) is 0.529. The van der Waals surface area contributed by atoms with Crippen LogP contribution in [0.2, 0.25) is 0 Å². The van der Waals surface area contributed by atoms with Crippen LogP contribution in [0.5, 0.6) is 0 Å². The van der Waals surface area contributed by atoms with E-state index >= 15 is 0 Å². The van der Waals surface area contributed by atoms with E-state index in [1.165, 1.54) is 12.8 Å². The predicted molar refractivity (Wildman–Crippen MR) is 95.6 cm³/mol. The third-order valence-corrected chi connectivity index (χ3v) is 5.82. The third-order valence-electron chi connectivity index (χ3n) is 4.41. The van der Waals surface area contributed by atoms with E-state index in [2.05, 4.69) is 19.8 Å². The molecule has 0 amide bonds. The topological polar surface area (TPSA) is 88.3 Å². The number of hydrogen-bond donors (Lipinski definition) is 1. The minimum Gasteiger partial charge on any atom is -0.415 e. The first kappa shape index (κ1) is 19.8. The minimum absolute atomic E-state index is 0.000608. The molecule has 2 heterocycles. The molecule has 0 bridgehead atoms. The second-order valence-corrected chi connectivity index (χ2v) is 8.41. The van der Waals surface area contributed by atoms with Gasteiger partial charge in [0, 0.05) is 12.1 Å². The van der Waals surface area contributed by atoms with E-state index in [1.807, 2.05) is 0 Å². The maximum absolute atomic E-state index is 12.5. The van der Waals surface area contributed by atoms with E-state index in [0.29, 0.717) is 12.0 Å². The summed E-state index contributed by atoms with van der Waals surface area (Å²) in [4.78, 5) is 2.28. The molecule has 0 aliphatic carbocycles. The van der Waals surface area contributed by atoms with Gasteiger partial charge in [0.2, 0.25) is 15.9 Å². The van der Waals surface area contributed by atoms with Crippen LogP contribution in [0.4, 0.5) is 8.78 Å². The van der Waals surface area contributed by atoms with Crippen LogP contribution >= 0.6 is 0 Å². The molecule has 0 unspecified atom stereocenters. The molecule has 0 saturated carbocycles. The molecule has 1 fully saturated rings. The molecule has 10 heteroatoms. The standard InChI is InChI=1S/C17H22F2N4O3S/c18-15(19)17-22-21-16(26-17)14-6-4-13(5-7-14)12-20-27(24,25)11-3-10-23-8-1-2-9-23/h4-7,15,20H,1-3,8-12H2. The summed E-state index contributed by atoms with van der Waals surface area (Å²) in [5.74, 6) is -0.630. The van der Waals surface area contributed by atoms with E-state index in [1.54, 1.807) is 24.3 Å². The molecule has 3 rings (SSSR count). The number of nitrogens with one attached hydrogen (secondary N) is 1. The van der Waals surface area contributed by atoms with Crippen LogP contribution in [0.3, 0.4) is 0 Å². The molecule has 2 aromatic rings. The van der Waals surface area contributed by atoms with Crippen LogP contribution < -0.4 is 4.72 Å². The summed E-state index contributed by atoms with van der Waals surface area (Å²) in [6.07, 6.45) is 0.172. The van der Waals surface area contributed by atoms with Crippen molar-refractivity contribution in [1.82, 2.24) is 19.8 Å². The Balaban J connectivity index is 1.48. The molecule has 0 spiro atoms. The number of sulfonamides is 1. The van der Waals surface area contributed by atoms with Gasteiger partial charge >= 0.3 is 6.43 Å². The zero-order valence-electron chi connectivity index (χ0n) is 14.8. The van der Waals surface area contributed by atoms with Gasteiger partial charge in [0.25, 0.3) is 5.89 Å². The van der Waals surface area contributed by atoms with Crippen molar-refractivity contribution < 1.29 is 21.6 Å². The Hall–Kier alpha value is -1.91. The lowest BCUT2D eigenvalue weighted by atomic mass is 10.1. The van der Waals surface area contributed by atoms with Gasteiger partial charge in [0.05, 0.1) is 5.75 Å². The lowest BCUT2D eigenvalue weighted by molar-refractivity contribution is 0.116. The summed E-state index contributed by atoms with van der Waals surface area (Å²) >= 11 is 0. The summed E-state index contributed by atoms with van der Waals surface area (Å²) in [7, 11) is -3.34. The maximum atomic E-state index is 12.5. The second kappa shape index (κ2) is 8.85. The van der Waals surface area contributed by atoms with Gasteiger partial charge in [-0.3, -0.25) is 0 Å². The van der Waals surface area contributed by atoms with E-state index in [9.17, 15) is 17.2 Å². The molecule has 0 atom stereocenters. The van der Waals surface area contributed by atoms with Crippen LogP contribution in [-0.4, -0.2) is 48.9 Å². The Labute approximate surface area is 156 Å². The van der Waals surface area contributed by atoms with Gasteiger partial charge in [-0.1, -0.05) is 12.1 Å². The number of hydrogen-bond acceptors (Lipinski definition) is 6. The number of benzene rings is 1. The normalized spacial score (nSPS) is 15.7. The van der Waals surface area contributed by atoms with Crippen molar-refractivity contribution >= 4 is 10.0 Å². The summed E-state index contributed by atoms with van der Waals surface area (Å²) in [6.45, 7) is 3.08. The van der Waals surface area contributed by atoms with E-state index in [-0.39, 0.29) is 18.2 Å². The van der Waals surface area contributed by atoms with Gasteiger partial charge in [-0.05, 0) is 56.6 Å². The van der Waals surface area contributed by atoms with Crippen molar-refractivity contribution in [3.05, 3.63) is 35.7 Å². The van der Waals surface area contributed by atoms with E-state index in [0.717, 1.165) is 25.2 Å². The molecule has 27 heavy (non-hydrogen) atoms. The van der Waals surface area contributed by atoms with Gasteiger partial charge in [0.1, 0.15) is 0 Å². The molecule has 1 N–H and O–H groups in total. The van der Waals surface area contributed by atoms with Crippen LogP contribution in [0.15, 0.2) is 28.7 Å². The van der Waals surface area contributed by atoms with Crippen LogP contribution in [0.25, 0.3) is 11.5 Å². The molecule has 1 aliphatic rings. The Kier molecular flexibility index (Phi) is 6.51. The molecule has 0 radical (unpaired) electrons. The lowest BCUT2D eigenvalue weighted by Gasteiger charge is -2.14. The zero-order chi connectivity index (χ0) is 19.3. The highest BCUT2D eigenvalue weighted by Crippen LogP contribution is 2.23. The first-order valence-electron chi connectivity index (χ1n) is 8.83. The molecule has 1 aromatic carbocycles. The Morgan fingerprint density at radius 3 is 2.48 bits per heavy atom. The van der Waals surface area contributed by atoms with Crippen LogP contribution in [0.1, 0.15) is 37.1 Å². The molecular weight excluding hydrogens is 378 g/mol. The first-order chi connectivity index (χ1) is 12.9. The van der Waals surface area contributed by atoms with Crippen molar-refractivity contribution in [2.45, 2.75) is 32.2 Å². The quantitative estimate of drug-likeness (QED) is 0.696. The number of rotatable bonds is 9. The van der Waals surface area contributed by atoms with E-state index < -0.39 is 22.3 Å². The van der Waals surface area contributed by atoms with E-state index in [4.69, 9.17) is 4.42 Å². The minimum atomic E-state index is -3.34. The number of likely N-dealkylation sites (tertiary alicyclic amines) is 1. The third kappa shape index (κ3) is 5.78. The van der Waals surface area contributed by atoms with Crippen molar-refractivity contribution in [3.8, 4) is 11.5 Å². The highest BCUT2D eigenvalue weighted by atomic mass is 32.2. The smallest absolute Gasteiger partial charge is 0.314 e. The molecule has 1 aliphatic heterocycles. The first-order valence-corrected chi connectivity index (χ1v) is 10.5. The molecule has 1 aromatic heterocycles. The highest BCUT2D eigenvalue weighted by Gasteiger charge is 2.17. The number of nitrogens with zero attached hydrogens (tertiary/aromatic N) is 3. The predicted octanol–water partition coefficient (Wildman–Crippen LogP) is 2.58. The molecular formula is C17H22F2N4O3S. The number of alkyl halides is 2. The Morgan fingerprint density at radius 2 is 1.85 bits per heavy atom. The highest BCUT2D eigenvalue weighted by molar-refractivity contribution is 7.89. The number of aromatic nitrogens is 2. The molecule has 1 saturated heterocycles. The van der Waals surface area contributed by atoms with Gasteiger partial charge in [0.15, 0.2) is 0 Å². The van der Waals surface area contributed by atoms with Gasteiger partial charge < -0.3 is 9.32 Å². The average molecular weight is 400 g/mol. The summed E-state index contributed by atoms with van der Waals surface area (Å²) < 4.78 is 56.6. The van der Waals surface area contributed by atoms with Crippen molar-refractivity contribution in [1.29, 1.82) is 0 Å². The SMILES string of the molecule is O=S(=O)(CCCN1CCCC1)NCc1ccc(-c2nnc(C(F)F)o2)cc1. The Morgan fingerprint density at radius 1 is 1.15 bits per heavy atom. The fourth-order valence-electron chi connectivity index (χ4n) is 2.95. The lowest BCUT2D eigenvalue weighted by Crippen LogP contribution is -2.29. The van der Waals surface area contributed by atoms with Crippen molar-refractivity contribution in [3.63, 3.8) is 0 Å². The average Bonchev–Trinajstić information content (AvgIpc) is 3.32. The van der Waals surface area contributed by atoms with Gasteiger partial charge in [-0.25, -0.2) is 13.1 Å². The largest absolute Gasteiger partial charge is 0.415 e. The fourth-order valence-corrected chi connectivity index (χ4v) is 3.99. The summed E-state index contributed by atoms with van der Waals surface area (Å²) in [5, 5.41) is 6.86. The van der Waals surface area contributed by atoms with Gasteiger partial charge in [-0.2, -0.15) is 8.78 Å². The summed E-state index contributed by atoms with van der Waals surface area (Å²) in [6, 6.07) is 6.63. The maximum Gasteiger partial charge on any atom is 0.314 e. The monoisotopic (exact) mass is 400 g/mol. The van der Waals surface area contributed by atoms with Crippen LogP contribution in [-0.2, 0) is 16.6 Å². The number of halogens is 2. The molecule has 148 valence electrons. The van der Waals surface area contributed by atoms with Crippen LogP contribution in [0, 0.1) is 0 Å². The van der Waals surface area contributed by atoms with Crippen molar-refractivity contribution in [2.24, 2.45) is 0 Å². The summed E-state index contributed by atoms with van der Waals surface area (Å²) in [5.41, 5.74) is 1.24. The zero-order valence-corrected chi connectivity index (χ0v) is 15.6. The Bertz CT molecular complexity index is 834. The molecule has 7 nitrogen and oxygen atoms in total.